The Bertz CT molecular complexity index is 351. The first-order chi connectivity index (χ1) is 7.22. The molecule has 0 spiro atoms. The molecule has 0 saturated carbocycles. The van der Waals surface area contributed by atoms with Gasteiger partial charge in [0.05, 0.1) is 5.69 Å². The highest BCUT2D eigenvalue weighted by molar-refractivity contribution is 7.99. The number of aryl methyl sites for hydroxylation is 1. The predicted octanol–water partition coefficient (Wildman–Crippen LogP) is 2.25. The second-order valence-electron chi connectivity index (χ2n) is 4.10. The highest BCUT2D eigenvalue weighted by Crippen LogP contribution is 2.36. The van der Waals surface area contributed by atoms with Crippen LogP contribution in [0.1, 0.15) is 12.5 Å². The van der Waals surface area contributed by atoms with Crippen LogP contribution in [0.5, 0.6) is 0 Å². The van der Waals surface area contributed by atoms with Gasteiger partial charge in [-0.05, 0) is 31.5 Å². The number of hydrogen-bond donors (Lipinski definition) is 1. The van der Waals surface area contributed by atoms with E-state index in [4.69, 9.17) is 5.73 Å². The quantitative estimate of drug-likeness (QED) is 0.832. The zero-order valence-corrected chi connectivity index (χ0v) is 10.2. The SMILES string of the molecule is Cc1ccc2c(c1)SCCN2C(C)CN. The van der Waals surface area contributed by atoms with Crippen LogP contribution in [0.2, 0.25) is 0 Å². The van der Waals surface area contributed by atoms with Gasteiger partial charge in [0.15, 0.2) is 0 Å². The second kappa shape index (κ2) is 4.45. The number of nitrogens with two attached hydrogens (primary N) is 1. The number of benzene rings is 1. The van der Waals surface area contributed by atoms with Gasteiger partial charge in [-0.25, -0.2) is 0 Å². The molecule has 1 aliphatic rings. The molecule has 1 heterocycles. The zero-order valence-electron chi connectivity index (χ0n) is 9.36. The van der Waals surface area contributed by atoms with Crippen molar-refractivity contribution in [3.8, 4) is 0 Å². The van der Waals surface area contributed by atoms with Crippen LogP contribution in [0.15, 0.2) is 23.1 Å². The van der Waals surface area contributed by atoms with E-state index in [1.54, 1.807) is 0 Å². The van der Waals surface area contributed by atoms with Crippen molar-refractivity contribution >= 4 is 17.4 Å². The predicted molar refractivity (Wildman–Crippen MR) is 67.8 cm³/mol. The fraction of sp³-hybridized carbons (Fsp3) is 0.500. The van der Waals surface area contributed by atoms with Crippen molar-refractivity contribution in [3.05, 3.63) is 23.8 Å². The van der Waals surface area contributed by atoms with Crippen LogP contribution < -0.4 is 10.6 Å². The van der Waals surface area contributed by atoms with E-state index in [0.717, 1.165) is 13.1 Å². The summed E-state index contributed by atoms with van der Waals surface area (Å²) in [4.78, 5) is 3.83. The third-order valence-corrected chi connectivity index (χ3v) is 3.91. The average Bonchev–Trinajstić information content (AvgIpc) is 2.26. The van der Waals surface area contributed by atoms with Crippen LogP contribution in [0.3, 0.4) is 0 Å². The van der Waals surface area contributed by atoms with Gasteiger partial charge in [0.1, 0.15) is 0 Å². The Kier molecular flexibility index (Phi) is 3.22. The molecule has 0 radical (unpaired) electrons. The fourth-order valence-corrected chi connectivity index (χ4v) is 3.04. The third-order valence-electron chi connectivity index (χ3n) is 2.89. The molecule has 0 amide bonds. The molecule has 0 saturated heterocycles. The molecule has 2 rings (SSSR count). The van der Waals surface area contributed by atoms with E-state index in [2.05, 4.69) is 36.9 Å². The minimum absolute atomic E-state index is 0.437. The van der Waals surface area contributed by atoms with Crippen LogP contribution in [-0.2, 0) is 0 Å². The summed E-state index contributed by atoms with van der Waals surface area (Å²) in [6.07, 6.45) is 0. The standard InChI is InChI=1S/C12H18N2S/c1-9-3-4-11-12(7-9)15-6-5-14(11)10(2)8-13/h3-4,7,10H,5-6,8,13H2,1-2H3. The highest BCUT2D eigenvalue weighted by atomic mass is 32.2. The van der Waals surface area contributed by atoms with Crippen molar-refractivity contribution in [2.75, 3.05) is 23.7 Å². The molecule has 1 aromatic carbocycles. The van der Waals surface area contributed by atoms with Gasteiger partial charge in [0.25, 0.3) is 0 Å². The Balaban J connectivity index is 2.34. The van der Waals surface area contributed by atoms with Gasteiger partial charge < -0.3 is 10.6 Å². The lowest BCUT2D eigenvalue weighted by Crippen LogP contribution is -2.41. The van der Waals surface area contributed by atoms with E-state index >= 15 is 0 Å². The van der Waals surface area contributed by atoms with Crippen LogP contribution >= 0.6 is 11.8 Å². The van der Waals surface area contributed by atoms with E-state index < -0.39 is 0 Å². The number of thioether (sulfide) groups is 1. The monoisotopic (exact) mass is 222 g/mol. The van der Waals surface area contributed by atoms with E-state index in [0.29, 0.717) is 6.04 Å². The number of fused-ring (bicyclic) bond motifs is 1. The normalized spacial score (nSPS) is 17.4. The summed E-state index contributed by atoms with van der Waals surface area (Å²) >= 11 is 1.95. The maximum atomic E-state index is 5.74. The summed E-state index contributed by atoms with van der Waals surface area (Å²) in [7, 11) is 0. The van der Waals surface area contributed by atoms with Gasteiger partial charge in [0.2, 0.25) is 0 Å². The average molecular weight is 222 g/mol. The summed E-state index contributed by atoms with van der Waals surface area (Å²) in [6, 6.07) is 7.12. The Morgan fingerprint density at radius 3 is 3.07 bits per heavy atom. The summed E-state index contributed by atoms with van der Waals surface area (Å²) in [5.74, 6) is 1.17. The van der Waals surface area contributed by atoms with Crippen molar-refractivity contribution in [1.29, 1.82) is 0 Å². The molecular formula is C12H18N2S. The van der Waals surface area contributed by atoms with E-state index in [9.17, 15) is 0 Å². The van der Waals surface area contributed by atoms with Gasteiger partial charge in [-0.2, -0.15) is 0 Å². The molecule has 15 heavy (non-hydrogen) atoms. The second-order valence-corrected chi connectivity index (χ2v) is 5.23. The van der Waals surface area contributed by atoms with Gasteiger partial charge in [-0.3, -0.25) is 0 Å². The molecule has 1 atom stereocenters. The third kappa shape index (κ3) is 2.13. The van der Waals surface area contributed by atoms with Crippen molar-refractivity contribution in [3.63, 3.8) is 0 Å². The lowest BCUT2D eigenvalue weighted by Gasteiger charge is -2.35. The van der Waals surface area contributed by atoms with E-state index in [-0.39, 0.29) is 0 Å². The lowest BCUT2D eigenvalue weighted by molar-refractivity contribution is 0.651. The molecule has 0 aliphatic carbocycles. The number of anilines is 1. The first-order valence-corrected chi connectivity index (χ1v) is 6.41. The minimum Gasteiger partial charge on any atom is -0.366 e. The molecular weight excluding hydrogens is 204 g/mol. The highest BCUT2D eigenvalue weighted by Gasteiger charge is 2.20. The van der Waals surface area contributed by atoms with E-state index in [1.165, 1.54) is 21.9 Å². The first kappa shape index (κ1) is 10.8. The number of rotatable bonds is 2. The van der Waals surface area contributed by atoms with Gasteiger partial charge in [0, 0.05) is 29.8 Å². The molecule has 0 fully saturated rings. The molecule has 2 nitrogen and oxygen atoms in total. The molecule has 1 unspecified atom stereocenters. The van der Waals surface area contributed by atoms with Gasteiger partial charge in [-0.1, -0.05) is 6.07 Å². The molecule has 0 bridgehead atoms. The Morgan fingerprint density at radius 1 is 1.53 bits per heavy atom. The number of hydrogen-bond acceptors (Lipinski definition) is 3. The van der Waals surface area contributed by atoms with Crippen LogP contribution in [0.25, 0.3) is 0 Å². The van der Waals surface area contributed by atoms with Crippen LogP contribution in [0.4, 0.5) is 5.69 Å². The molecule has 1 aliphatic heterocycles. The number of nitrogens with zero attached hydrogens (tertiary/aromatic N) is 1. The summed E-state index contributed by atoms with van der Waals surface area (Å²) in [6.45, 7) is 6.17. The Morgan fingerprint density at radius 2 is 2.33 bits per heavy atom. The summed E-state index contributed by atoms with van der Waals surface area (Å²) in [5, 5.41) is 0. The maximum absolute atomic E-state index is 5.74. The van der Waals surface area contributed by atoms with E-state index in [1.807, 2.05) is 11.8 Å². The molecule has 2 N–H and O–H groups in total. The Hall–Kier alpha value is -0.670. The molecule has 3 heteroatoms. The van der Waals surface area contributed by atoms with Crippen LogP contribution in [0, 0.1) is 6.92 Å². The fourth-order valence-electron chi connectivity index (χ4n) is 1.93. The van der Waals surface area contributed by atoms with Gasteiger partial charge >= 0.3 is 0 Å². The van der Waals surface area contributed by atoms with Crippen molar-refractivity contribution < 1.29 is 0 Å². The Labute approximate surface area is 95.8 Å². The molecule has 1 aromatic rings. The molecule has 0 aromatic heterocycles. The summed E-state index contributed by atoms with van der Waals surface area (Å²) in [5.41, 5.74) is 8.43. The van der Waals surface area contributed by atoms with Crippen molar-refractivity contribution in [2.45, 2.75) is 24.8 Å². The summed E-state index contributed by atoms with van der Waals surface area (Å²) < 4.78 is 0. The largest absolute Gasteiger partial charge is 0.366 e. The van der Waals surface area contributed by atoms with Gasteiger partial charge in [-0.15, -0.1) is 11.8 Å². The van der Waals surface area contributed by atoms with Crippen molar-refractivity contribution in [2.24, 2.45) is 5.73 Å². The zero-order chi connectivity index (χ0) is 10.8. The topological polar surface area (TPSA) is 29.3 Å². The lowest BCUT2D eigenvalue weighted by atomic mass is 10.1. The minimum atomic E-state index is 0.437. The molecule has 82 valence electrons. The van der Waals surface area contributed by atoms with Crippen LogP contribution in [-0.4, -0.2) is 24.9 Å². The maximum Gasteiger partial charge on any atom is 0.0507 e. The van der Waals surface area contributed by atoms with Crippen molar-refractivity contribution in [1.82, 2.24) is 0 Å². The smallest absolute Gasteiger partial charge is 0.0507 e. The first-order valence-electron chi connectivity index (χ1n) is 5.42.